The standard InChI is InChI=1S/C26H51N5O13S/c1-9-17(33)19(35)15(6-27)40-24(9)43-22-16(7-32)41-26(20(22)36)44-23-18(34)11(29)5-12(30)21(23)42-25-10(28)3-4-14(39-25)13(31)8-45(2,37)38/h9-26,32-36H,3-8,27-31H2,1-2H3/t9-,10-,11-,12+,13+,14+,15+,16-,17-,18+,19-,20-,21-,22-,23-,24?,25-,26+/m1/s1. The lowest BCUT2D eigenvalue weighted by Gasteiger charge is -2.46. The lowest BCUT2D eigenvalue weighted by atomic mass is 9.84. The van der Waals surface area contributed by atoms with Crippen molar-refractivity contribution in [3.8, 4) is 0 Å². The maximum Gasteiger partial charge on any atom is 0.187 e. The summed E-state index contributed by atoms with van der Waals surface area (Å²) >= 11 is 0. The van der Waals surface area contributed by atoms with E-state index < -0.39 is 126 Å². The van der Waals surface area contributed by atoms with Crippen molar-refractivity contribution in [2.24, 2.45) is 34.6 Å². The molecule has 1 aliphatic carbocycles. The SMILES string of the molecule is C[C@H]1C(O[C@H]2[C@@H](O)[C@H](O[C@@H]3[C@@H](O)[C@H](N)C[C@H](N)[C@H]3O[C@H]3O[C@H]([C@@H](N)CS(C)(=O)=O)CC[C@H]3N)O[C@@H]2CO)O[C@@H](CN)[C@@H](O)[C@@H]1O. The van der Waals surface area contributed by atoms with Gasteiger partial charge in [0.15, 0.2) is 18.9 Å². The molecule has 4 rings (SSSR count). The maximum absolute atomic E-state index is 11.8. The van der Waals surface area contributed by atoms with E-state index in [0.29, 0.717) is 12.8 Å². The number of ether oxygens (including phenoxy) is 6. The summed E-state index contributed by atoms with van der Waals surface area (Å²) in [5.41, 5.74) is 30.6. The molecule has 1 unspecified atom stereocenters. The predicted molar refractivity (Wildman–Crippen MR) is 155 cm³/mol. The number of hydrogen-bond donors (Lipinski definition) is 10. The fourth-order valence-electron chi connectivity index (χ4n) is 6.36. The van der Waals surface area contributed by atoms with E-state index >= 15 is 0 Å². The molecule has 18 nitrogen and oxygen atoms in total. The van der Waals surface area contributed by atoms with E-state index in [0.717, 1.165) is 6.26 Å². The van der Waals surface area contributed by atoms with Gasteiger partial charge in [0.05, 0.1) is 36.7 Å². The molecule has 0 radical (unpaired) electrons. The van der Waals surface area contributed by atoms with Crippen molar-refractivity contribution >= 4 is 9.84 Å². The van der Waals surface area contributed by atoms with Crippen molar-refractivity contribution in [3.63, 3.8) is 0 Å². The summed E-state index contributed by atoms with van der Waals surface area (Å²) in [6, 6.07) is -3.09. The smallest absolute Gasteiger partial charge is 0.187 e. The van der Waals surface area contributed by atoms with E-state index in [1.807, 2.05) is 0 Å². The van der Waals surface area contributed by atoms with Crippen LogP contribution in [0, 0.1) is 5.92 Å². The molecule has 4 fully saturated rings. The Balaban J connectivity index is 1.48. The Hall–Kier alpha value is -0.690. The largest absolute Gasteiger partial charge is 0.394 e. The second-order valence-electron chi connectivity index (χ2n) is 12.7. The Morgan fingerprint density at radius 3 is 2.02 bits per heavy atom. The van der Waals surface area contributed by atoms with Crippen LogP contribution >= 0.6 is 0 Å². The number of aliphatic hydroxyl groups is 5. The Bertz CT molecular complexity index is 1060. The van der Waals surface area contributed by atoms with Crippen LogP contribution in [0.1, 0.15) is 26.2 Å². The van der Waals surface area contributed by atoms with Crippen LogP contribution in [-0.2, 0) is 38.3 Å². The molecule has 3 aliphatic heterocycles. The first-order valence-electron chi connectivity index (χ1n) is 15.2. The zero-order valence-corrected chi connectivity index (χ0v) is 26.2. The molecular formula is C26H51N5O13S. The zero-order valence-electron chi connectivity index (χ0n) is 25.4. The Morgan fingerprint density at radius 1 is 0.778 bits per heavy atom. The third-order valence-electron chi connectivity index (χ3n) is 9.07. The molecule has 4 aliphatic rings. The maximum atomic E-state index is 11.8. The molecule has 15 N–H and O–H groups in total. The monoisotopic (exact) mass is 673 g/mol. The van der Waals surface area contributed by atoms with Crippen LogP contribution in [-0.4, -0.2) is 163 Å². The normalized spacial score (nSPS) is 48.8. The van der Waals surface area contributed by atoms with Gasteiger partial charge in [0, 0.05) is 36.8 Å². The van der Waals surface area contributed by atoms with Gasteiger partial charge >= 0.3 is 0 Å². The number of nitrogens with two attached hydrogens (primary N) is 5. The summed E-state index contributed by atoms with van der Waals surface area (Å²) in [5.74, 6) is -1.04. The average molecular weight is 674 g/mol. The van der Waals surface area contributed by atoms with E-state index in [-0.39, 0.29) is 18.7 Å². The van der Waals surface area contributed by atoms with Crippen LogP contribution in [0.4, 0.5) is 0 Å². The highest BCUT2D eigenvalue weighted by Gasteiger charge is 2.53. The first kappa shape index (κ1) is 37.1. The van der Waals surface area contributed by atoms with Gasteiger partial charge in [0.1, 0.15) is 52.6 Å². The summed E-state index contributed by atoms with van der Waals surface area (Å²) in [5, 5.41) is 53.0. The molecule has 1 saturated carbocycles. The van der Waals surface area contributed by atoms with Gasteiger partial charge in [-0.2, -0.15) is 0 Å². The van der Waals surface area contributed by atoms with Crippen LogP contribution in [0.3, 0.4) is 0 Å². The Kier molecular flexibility index (Phi) is 12.6. The molecule has 45 heavy (non-hydrogen) atoms. The van der Waals surface area contributed by atoms with Gasteiger partial charge in [-0.25, -0.2) is 8.42 Å². The van der Waals surface area contributed by atoms with E-state index in [2.05, 4.69) is 0 Å². The van der Waals surface area contributed by atoms with Gasteiger partial charge in [-0.3, -0.25) is 0 Å². The third-order valence-corrected chi connectivity index (χ3v) is 10.1. The minimum atomic E-state index is -3.38. The first-order chi connectivity index (χ1) is 21.1. The van der Waals surface area contributed by atoms with Crippen molar-refractivity contribution in [3.05, 3.63) is 0 Å². The Labute approximate surface area is 262 Å². The second-order valence-corrected chi connectivity index (χ2v) is 14.9. The van der Waals surface area contributed by atoms with Gasteiger partial charge in [-0.1, -0.05) is 6.92 Å². The molecule has 19 heteroatoms. The third kappa shape index (κ3) is 8.49. The fourth-order valence-corrected chi connectivity index (χ4v) is 7.28. The summed E-state index contributed by atoms with van der Waals surface area (Å²) < 4.78 is 59.2. The Morgan fingerprint density at radius 2 is 1.40 bits per heavy atom. The highest BCUT2D eigenvalue weighted by Crippen LogP contribution is 2.35. The van der Waals surface area contributed by atoms with Crippen molar-refractivity contribution in [1.82, 2.24) is 0 Å². The average Bonchev–Trinajstić information content (AvgIpc) is 3.27. The molecule has 0 aromatic heterocycles. The molecule has 0 amide bonds. The van der Waals surface area contributed by atoms with E-state index in [1.165, 1.54) is 0 Å². The van der Waals surface area contributed by atoms with E-state index in [1.54, 1.807) is 6.92 Å². The van der Waals surface area contributed by atoms with Gasteiger partial charge in [-0.05, 0) is 19.3 Å². The first-order valence-corrected chi connectivity index (χ1v) is 17.3. The van der Waals surface area contributed by atoms with Crippen molar-refractivity contribution in [1.29, 1.82) is 0 Å². The molecule has 0 spiro atoms. The van der Waals surface area contributed by atoms with Crippen LogP contribution in [0.15, 0.2) is 0 Å². The van der Waals surface area contributed by atoms with Crippen LogP contribution < -0.4 is 28.7 Å². The number of rotatable bonds is 11. The fraction of sp³-hybridized carbons (Fsp3) is 1.00. The zero-order chi connectivity index (χ0) is 33.4. The lowest BCUT2D eigenvalue weighted by Crippen LogP contribution is -2.65. The number of sulfone groups is 1. The summed E-state index contributed by atoms with van der Waals surface area (Å²) in [4.78, 5) is 0. The van der Waals surface area contributed by atoms with E-state index in [9.17, 15) is 34.0 Å². The van der Waals surface area contributed by atoms with E-state index in [4.69, 9.17) is 57.1 Å². The molecular weight excluding hydrogens is 622 g/mol. The molecule has 0 aromatic rings. The quantitative estimate of drug-likeness (QED) is 0.0975. The number of hydrogen-bond acceptors (Lipinski definition) is 18. The van der Waals surface area contributed by atoms with Gasteiger partial charge in [0.25, 0.3) is 0 Å². The van der Waals surface area contributed by atoms with Crippen molar-refractivity contribution in [2.75, 3.05) is 25.2 Å². The molecule has 0 bridgehead atoms. The molecule has 18 atom stereocenters. The highest BCUT2D eigenvalue weighted by molar-refractivity contribution is 7.90. The molecule has 3 saturated heterocycles. The van der Waals surface area contributed by atoms with Crippen LogP contribution in [0.2, 0.25) is 0 Å². The van der Waals surface area contributed by atoms with Gasteiger partial charge in [0.2, 0.25) is 0 Å². The predicted octanol–water partition coefficient (Wildman–Crippen LogP) is -6.11. The highest BCUT2D eigenvalue weighted by atomic mass is 32.2. The lowest BCUT2D eigenvalue weighted by molar-refractivity contribution is -0.297. The van der Waals surface area contributed by atoms with Crippen molar-refractivity contribution < 1.29 is 62.4 Å². The summed E-state index contributed by atoms with van der Waals surface area (Å²) in [6.07, 6.45) is -13.3. The van der Waals surface area contributed by atoms with Crippen LogP contribution in [0.25, 0.3) is 0 Å². The molecule has 0 aromatic carbocycles. The molecule has 3 heterocycles. The topological polar surface area (TPSA) is 321 Å². The van der Waals surface area contributed by atoms with Crippen LogP contribution in [0.5, 0.6) is 0 Å². The van der Waals surface area contributed by atoms with Gasteiger partial charge < -0.3 is 82.6 Å². The van der Waals surface area contributed by atoms with Gasteiger partial charge in [-0.15, -0.1) is 0 Å². The minimum Gasteiger partial charge on any atom is -0.394 e. The summed E-state index contributed by atoms with van der Waals surface area (Å²) in [7, 11) is -3.38. The number of aliphatic hydroxyl groups excluding tert-OH is 5. The van der Waals surface area contributed by atoms with Crippen molar-refractivity contribution in [2.45, 2.75) is 130 Å². The second kappa shape index (κ2) is 15.2. The summed E-state index contributed by atoms with van der Waals surface area (Å²) in [6.45, 7) is 0.874. The minimum absolute atomic E-state index is 0.107. The molecule has 264 valence electrons.